The van der Waals surface area contributed by atoms with Gasteiger partial charge in [-0.2, -0.15) is 0 Å². The van der Waals surface area contributed by atoms with Gasteiger partial charge in [-0.15, -0.1) is 0 Å². The van der Waals surface area contributed by atoms with Gasteiger partial charge in [0, 0.05) is 29.1 Å². The number of hydrogen-bond donors (Lipinski definition) is 3. The average molecular weight is 563 g/mol. The minimum atomic E-state index is -1.96. The van der Waals surface area contributed by atoms with E-state index in [1.165, 1.54) is 6.07 Å². The van der Waals surface area contributed by atoms with Crippen LogP contribution in [0.1, 0.15) is 65.6 Å². The maximum absolute atomic E-state index is 15.1. The van der Waals surface area contributed by atoms with Crippen LogP contribution in [0.25, 0.3) is 22.3 Å². The van der Waals surface area contributed by atoms with Crippen LogP contribution in [-0.2, 0) is 39.5 Å². The maximum atomic E-state index is 15.1. The Morgan fingerprint density at radius 2 is 2.05 bits per heavy atom. The second kappa shape index (κ2) is 8.91. The Labute approximate surface area is 234 Å². The van der Waals surface area contributed by atoms with Crippen molar-refractivity contribution in [3.63, 3.8) is 0 Å². The Hall–Kier alpha value is -3.67. The van der Waals surface area contributed by atoms with Crippen LogP contribution in [-0.4, -0.2) is 62.3 Å². The number of aromatic nitrogens is 2. The number of carbonyl (C=O) groups is 2. The Kier molecular flexibility index (Phi) is 5.70. The van der Waals surface area contributed by atoms with E-state index < -0.39 is 29.8 Å². The molecule has 10 nitrogen and oxygen atoms in total. The summed E-state index contributed by atoms with van der Waals surface area (Å²) in [6.07, 6.45) is 0.874. The smallest absolute Gasteiger partial charge is 0.343 e. The number of amides is 1. The van der Waals surface area contributed by atoms with Crippen LogP contribution >= 0.6 is 0 Å². The molecule has 1 amide bonds. The maximum Gasteiger partial charge on any atom is 0.343 e. The zero-order chi connectivity index (χ0) is 29.0. The molecule has 7 rings (SSSR count). The minimum Gasteiger partial charge on any atom is -0.458 e. The molecule has 0 spiro atoms. The summed E-state index contributed by atoms with van der Waals surface area (Å²) in [7, 11) is 1.81. The molecule has 11 heteroatoms. The lowest BCUT2D eigenvalue weighted by Gasteiger charge is -2.31. The molecule has 1 saturated heterocycles. The predicted molar refractivity (Wildman–Crippen MR) is 145 cm³/mol. The van der Waals surface area contributed by atoms with Gasteiger partial charge in [-0.3, -0.25) is 14.5 Å². The highest BCUT2D eigenvalue weighted by Crippen LogP contribution is 2.46. The van der Waals surface area contributed by atoms with E-state index in [1.807, 2.05) is 11.9 Å². The lowest BCUT2D eigenvalue weighted by molar-refractivity contribution is -0.172. The molecule has 5 heterocycles. The van der Waals surface area contributed by atoms with E-state index in [9.17, 15) is 24.6 Å². The van der Waals surface area contributed by atoms with Crippen LogP contribution < -0.4 is 10.9 Å². The van der Waals surface area contributed by atoms with Crippen LogP contribution in [0.4, 0.5) is 4.39 Å². The van der Waals surface area contributed by atoms with Gasteiger partial charge in [0.25, 0.3) is 5.56 Å². The minimum absolute atomic E-state index is 0.0250. The summed E-state index contributed by atoms with van der Waals surface area (Å²) in [5, 5.41) is 25.3. The summed E-state index contributed by atoms with van der Waals surface area (Å²) in [6, 6.07) is 2.14. The number of ether oxygens (including phenoxy) is 1. The van der Waals surface area contributed by atoms with E-state index >= 15 is 4.39 Å². The molecule has 0 unspecified atom stereocenters. The molecule has 3 aromatic rings. The molecular formula is C30H31FN4O6. The van der Waals surface area contributed by atoms with Crippen molar-refractivity contribution in [2.45, 2.75) is 76.5 Å². The number of aryl methyl sites for hydroxylation is 1. The van der Waals surface area contributed by atoms with Gasteiger partial charge >= 0.3 is 5.97 Å². The number of hydrogen-bond acceptors (Lipinski definition) is 8. The summed E-state index contributed by atoms with van der Waals surface area (Å²) in [6.45, 7) is 3.74. The van der Waals surface area contributed by atoms with E-state index in [1.54, 1.807) is 24.5 Å². The fourth-order valence-electron chi connectivity index (χ4n) is 7.25. The summed E-state index contributed by atoms with van der Waals surface area (Å²) < 4.78 is 21.8. The summed E-state index contributed by atoms with van der Waals surface area (Å²) in [5.41, 5.74) is 2.35. The third-order valence-electron chi connectivity index (χ3n) is 9.52. The molecule has 41 heavy (non-hydrogen) atoms. The van der Waals surface area contributed by atoms with Gasteiger partial charge in [0.05, 0.1) is 47.2 Å². The first-order valence-electron chi connectivity index (χ1n) is 14.0. The molecule has 3 N–H and O–H groups in total. The topological polar surface area (TPSA) is 134 Å². The SMILES string of the molecule is CC[C@@]1(O)C(=O)OCc2c1cc1n(c2=O)Cc2c-1nc1cc(F)c(C)c3c1c2[C@@H](NC(=O)[C@@H]1C[C@H](O)CN1C)CC3. The van der Waals surface area contributed by atoms with Gasteiger partial charge in [-0.05, 0) is 62.4 Å². The number of rotatable bonds is 3. The number of carbonyl (C=O) groups excluding carboxylic acids is 2. The highest BCUT2D eigenvalue weighted by Gasteiger charge is 2.46. The first-order valence-corrected chi connectivity index (χ1v) is 14.0. The fourth-order valence-corrected chi connectivity index (χ4v) is 7.25. The molecule has 1 fully saturated rings. The van der Waals surface area contributed by atoms with Crippen LogP contribution in [0.3, 0.4) is 0 Å². The number of β-amino-alcohol motifs (C(OH)–C–C–N with tert-alkyl or cyclic N) is 1. The van der Waals surface area contributed by atoms with Crippen molar-refractivity contribution < 1.29 is 28.9 Å². The molecule has 0 radical (unpaired) electrons. The van der Waals surface area contributed by atoms with Gasteiger partial charge in [0.15, 0.2) is 5.60 Å². The standard InChI is InChI=1S/C30H31FN4O6/c1-4-30(40)18-8-22-26-16(11-35(22)28(38)17(18)12-41-29(30)39)25-20(33-27(37)23-7-14(36)10-34(23)3)6-5-15-13(2)19(31)9-21(32-26)24(15)25/h8-9,14,20,23,36,40H,4-7,10-12H2,1-3H3,(H,33,37)/t14-,20-,23-,30-/m0/s1. The van der Waals surface area contributed by atoms with Crippen LogP contribution in [0.15, 0.2) is 16.9 Å². The van der Waals surface area contributed by atoms with Crippen LogP contribution in [0, 0.1) is 12.7 Å². The third kappa shape index (κ3) is 3.58. The third-order valence-corrected chi connectivity index (χ3v) is 9.52. The van der Waals surface area contributed by atoms with Gasteiger partial charge in [-0.1, -0.05) is 6.92 Å². The largest absolute Gasteiger partial charge is 0.458 e. The molecule has 4 aliphatic rings. The number of nitrogens with zero attached hydrogens (tertiary/aromatic N) is 3. The zero-order valence-corrected chi connectivity index (χ0v) is 23.1. The number of fused-ring (bicyclic) bond motifs is 5. The second-order valence-electron chi connectivity index (χ2n) is 11.8. The normalized spacial score (nSPS) is 26.5. The molecule has 4 atom stereocenters. The molecule has 0 saturated carbocycles. The zero-order valence-electron chi connectivity index (χ0n) is 23.1. The average Bonchev–Trinajstić information content (AvgIpc) is 3.49. The van der Waals surface area contributed by atoms with Crippen LogP contribution in [0.2, 0.25) is 0 Å². The quantitative estimate of drug-likeness (QED) is 0.322. The highest BCUT2D eigenvalue weighted by atomic mass is 19.1. The first kappa shape index (κ1) is 26.2. The van der Waals surface area contributed by atoms with E-state index in [0.29, 0.717) is 48.3 Å². The Balaban J connectivity index is 1.43. The highest BCUT2D eigenvalue weighted by molar-refractivity contribution is 5.94. The van der Waals surface area contributed by atoms with E-state index in [4.69, 9.17) is 9.72 Å². The Bertz CT molecular complexity index is 1750. The summed E-state index contributed by atoms with van der Waals surface area (Å²) in [5.74, 6) is -1.37. The van der Waals surface area contributed by atoms with Gasteiger partial charge < -0.3 is 24.8 Å². The number of benzene rings is 1. The van der Waals surface area contributed by atoms with Gasteiger partial charge in [-0.25, -0.2) is 14.2 Å². The van der Waals surface area contributed by atoms with E-state index in [-0.39, 0.29) is 48.0 Å². The number of aliphatic hydroxyl groups excluding tert-OH is 1. The van der Waals surface area contributed by atoms with Crippen molar-refractivity contribution in [2.24, 2.45) is 0 Å². The Morgan fingerprint density at radius 1 is 1.27 bits per heavy atom. The molecule has 3 aliphatic heterocycles. The molecule has 1 aliphatic carbocycles. The number of halogens is 1. The van der Waals surface area contributed by atoms with Crippen molar-refractivity contribution >= 4 is 22.8 Å². The van der Waals surface area contributed by atoms with Crippen LogP contribution in [0.5, 0.6) is 0 Å². The first-order chi connectivity index (χ1) is 19.5. The van der Waals surface area contributed by atoms with Gasteiger partial charge in [0.1, 0.15) is 12.4 Å². The molecule has 0 bridgehead atoms. The number of nitrogens with one attached hydrogen (secondary N) is 1. The second-order valence-corrected chi connectivity index (χ2v) is 11.8. The molecule has 214 valence electrons. The Morgan fingerprint density at radius 3 is 2.76 bits per heavy atom. The van der Waals surface area contributed by atoms with E-state index in [0.717, 1.165) is 22.1 Å². The lowest BCUT2D eigenvalue weighted by atomic mass is 9.81. The number of pyridine rings is 2. The molecule has 1 aromatic carbocycles. The predicted octanol–water partition coefficient (Wildman–Crippen LogP) is 1.70. The number of esters is 1. The number of aliphatic hydroxyl groups is 2. The monoisotopic (exact) mass is 562 g/mol. The number of likely N-dealkylation sites (tertiary alicyclic amines) is 1. The molecular weight excluding hydrogens is 531 g/mol. The summed E-state index contributed by atoms with van der Waals surface area (Å²) in [4.78, 5) is 46.4. The summed E-state index contributed by atoms with van der Waals surface area (Å²) >= 11 is 0. The fraction of sp³-hybridized carbons (Fsp3) is 0.467. The van der Waals surface area contributed by atoms with Gasteiger partial charge in [0.2, 0.25) is 5.91 Å². The number of cyclic esters (lactones) is 1. The lowest BCUT2D eigenvalue weighted by Crippen LogP contribution is -2.44. The van der Waals surface area contributed by atoms with Crippen molar-refractivity contribution in [3.8, 4) is 11.4 Å². The molecule has 2 aromatic heterocycles. The van der Waals surface area contributed by atoms with Crippen molar-refractivity contribution in [2.75, 3.05) is 13.6 Å². The van der Waals surface area contributed by atoms with E-state index in [2.05, 4.69) is 5.32 Å². The van der Waals surface area contributed by atoms with Crippen molar-refractivity contribution in [3.05, 3.63) is 61.7 Å². The number of likely N-dealkylation sites (N-methyl/N-ethyl adjacent to an activating group) is 1. The van der Waals surface area contributed by atoms with Crippen molar-refractivity contribution in [1.29, 1.82) is 0 Å². The van der Waals surface area contributed by atoms with Crippen molar-refractivity contribution in [1.82, 2.24) is 19.8 Å².